The van der Waals surface area contributed by atoms with Crippen LogP contribution in [-0.2, 0) is 0 Å². The van der Waals surface area contributed by atoms with Gasteiger partial charge in [-0.25, -0.2) is 0 Å². The summed E-state index contributed by atoms with van der Waals surface area (Å²) in [6, 6.07) is 22.8. The summed E-state index contributed by atoms with van der Waals surface area (Å²) in [5.74, 6) is 0.171. The number of hydrogen-bond donors (Lipinski definition) is 0. The van der Waals surface area contributed by atoms with Crippen molar-refractivity contribution in [1.82, 2.24) is 0 Å². The van der Waals surface area contributed by atoms with Crippen LogP contribution in [0, 0.1) is 11.3 Å². The van der Waals surface area contributed by atoms with E-state index in [9.17, 15) is 5.26 Å². The lowest BCUT2D eigenvalue weighted by molar-refractivity contribution is 0.705. The minimum Gasteiger partial charge on any atom is -0.198 e. The molecule has 0 N–H and O–H groups in total. The maximum Gasteiger partial charge on any atom is 0.0788 e. The van der Waals surface area contributed by atoms with Gasteiger partial charge in [0.15, 0.2) is 0 Å². The van der Waals surface area contributed by atoms with Crippen LogP contribution in [0.1, 0.15) is 23.0 Å². The van der Waals surface area contributed by atoms with Gasteiger partial charge in [0, 0.05) is 10.3 Å². The van der Waals surface area contributed by atoms with Gasteiger partial charge in [0.1, 0.15) is 0 Å². The van der Waals surface area contributed by atoms with Crippen molar-refractivity contribution in [3.05, 3.63) is 71.8 Å². The first-order valence-electron chi connectivity index (χ1n) is 5.92. The van der Waals surface area contributed by atoms with Gasteiger partial charge in [0.25, 0.3) is 0 Å². The smallest absolute Gasteiger partial charge is 0.0788 e. The first-order valence-corrected chi connectivity index (χ1v) is 7.45. The molecule has 2 heteroatoms. The lowest BCUT2D eigenvalue weighted by Gasteiger charge is -2.20. The maximum absolute atomic E-state index is 9.49. The van der Waals surface area contributed by atoms with E-state index in [2.05, 4.69) is 40.8 Å². The van der Waals surface area contributed by atoms with E-state index in [-0.39, 0.29) is 11.8 Å². The molecule has 0 radical (unpaired) electrons. The summed E-state index contributed by atoms with van der Waals surface area (Å²) in [5, 5.41) is 9.49. The van der Waals surface area contributed by atoms with Crippen LogP contribution in [0.2, 0.25) is 0 Å². The molecule has 2 rings (SSSR count). The minimum absolute atomic E-state index is 0.0782. The van der Waals surface area contributed by atoms with Crippen LogP contribution in [0.25, 0.3) is 0 Å². The zero-order valence-electron chi connectivity index (χ0n) is 9.96. The topological polar surface area (TPSA) is 23.8 Å². The second-order valence-electron chi connectivity index (χ2n) is 4.19. The molecule has 0 aromatic heterocycles. The Morgan fingerprint density at radius 1 is 0.889 bits per heavy atom. The summed E-state index contributed by atoms with van der Waals surface area (Å²) in [5.41, 5.74) is 2.34. The highest BCUT2D eigenvalue weighted by atomic mass is 127. The molecule has 1 nitrogen and oxygen atoms in total. The molecule has 0 spiro atoms. The number of hydrogen-bond acceptors (Lipinski definition) is 1. The monoisotopic (exact) mass is 347 g/mol. The highest BCUT2D eigenvalue weighted by Gasteiger charge is 2.23. The Morgan fingerprint density at radius 3 is 1.83 bits per heavy atom. The highest BCUT2D eigenvalue weighted by Crippen LogP contribution is 2.33. The van der Waals surface area contributed by atoms with Crippen LogP contribution in [0.3, 0.4) is 0 Å². The van der Waals surface area contributed by atoms with E-state index in [4.69, 9.17) is 0 Å². The van der Waals surface area contributed by atoms with Crippen molar-refractivity contribution in [2.24, 2.45) is 0 Å². The van der Waals surface area contributed by atoms with Crippen LogP contribution >= 0.6 is 22.6 Å². The minimum atomic E-state index is -0.0782. The molecule has 0 aliphatic heterocycles. The van der Waals surface area contributed by atoms with Crippen molar-refractivity contribution in [1.29, 1.82) is 5.26 Å². The molecule has 0 fully saturated rings. The maximum atomic E-state index is 9.49. The first kappa shape index (κ1) is 13.1. The molecular formula is C16H14IN. The number of nitriles is 1. The van der Waals surface area contributed by atoms with Crippen molar-refractivity contribution in [2.45, 2.75) is 11.8 Å². The molecular weight excluding hydrogens is 333 g/mol. The molecule has 0 aliphatic rings. The fraction of sp³-hybridized carbons (Fsp3) is 0.188. The van der Waals surface area contributed by atoms with Crippen LogP contribution < -0.4 is 0 Å². The zero-order chi connectivity index (χ0) is 12.8. The average Bonchev–Trinajstić information content (AvgIpc) is 2.46. The van der Waals surface area contributed by atoms with Crippen LogP contribution in [0.5, 0.6) is 0 Å². The SMILES string of the molecule is N#C[C@@H](c1ccccc1)[C@@H](CI)c1ccccc1. The third-order valence-corrected chi connectivity index (χ3v) is 4.04. The molecule has 0 heterocycles. The molecule has 90 valence electrons. The van der Waals surface area contributed by atoms with Gasteiger partial charge in [0.05, 0.1) is 12.0 Å². The lowest BCUT2D eigenvalue weighted by Crippen LogP contribution is -2.11. The molecule has 2 aromatic rings. The van der Waals surface area contributed by atoms with Crippen LogP contribution in [0.15, 0.2) is 60.7 Å². The van der Waals surface area contributed by atoms with Crippen molar-refractivity contribution in [2.75, 3.05) is 4.43 Å². The van der Waals surface area contributed by atoms with E-state index in [0.29, 0.717) is 0 Å². The fourth-order valence-corrected chi connectivity index (χ4v) is 3.15. The van der Waals surface area contributed by atoms with E-state index < -0.39 is 0 Å². The Bertz CT molecular complexity index is 516. The normalized spacial score (nSPS) is 13.6. The second-order valence-corrected chi connectivity index (χ2v) is 5.07. The Labute approximate surface area is 122 Å². The third kappa shape index (κ3) is 2.91. The molecule has 0 bridgehead atoms. The number of benzene rings is 2. The molecule has 0 saturated carbocycles. The largest absolute Gasteiger partial charge is 0.198 e. The Balaban J connectivity index is 2.35. The van der Waals surface area contributed by atoms with Crippen molar-refractivity contribution in [3.63, 3.8) is 0 Å². The number of halogens is 1. The van der Waals surface area contributed by atoms with Crippen molar-refractivity contribution in [3.8, 4) is 6.07 Å². The number of nitrogens with zero attached hydrogens (tertiary/aromatic N) is 1. The highest BCUT2D eigenvalue weighted by molar-refractivity contribution is 14.1. The first-order chi connectivity index (χ1) is 8.86. The summed E-state index contributed by atoms with van der Waals surface area (Å²) in [6.07, 6.45) is 0. The molecule has 2 aromatic carbocycles. The van der Waals surface area contributed by atoms with Crippen molar-refractivity contribution < 1.29 is 0 Å². The Hall–Kier alpha value is -1.34. The van der Waals surface area contributed by atoms with E-state index in [1.807, 2.05) is 48.5 Å². The molecule has 0 aliphatic carbocycles. The summed E-state index contributed by atoms with van der Waals surface area (Å²) < 4.78 is 0.939. The summed E-state index contributed by atoms with van der Waals surface area (Å²) >= 11 is 2.37. The Morgan fingerprint density at radius 2 is 1.39 bits per heavy atom. The standard InChI is InChI=1S/C16H14IN/c17-11-15(13-7-3-1-4-8-13)16(12-18)14-9-5-2-6-10-14/h1-10,15-16H,11H2/t15-,16-/m0/s1. The number of rotatable bonds is 4. The van der Waals surface area contributed by atoms with E-state index in [0.717, 1.165) is 9.99 Å². The van der Waals surface area contributed by atoms with Crippen LogP contribution in [0.4, 0.5) is 0 Å². The van der Waals surface area contributed by atoms with Crippen LogP contribution in [-0.4, -0.2) is 4.43 Å². The molecule has 0 amide bonds. The van der Waals surface area contributed by atoms with E-state index in [1.165, 1.54) is 5.56 Å². The van der Waals surface area contributed by atoms with Gasteiger partial charge in [0.2, 0.25) is 0 Å². The van der Waals surface area contributed by atoms with Gasteiger partial charge in [-0.3, -0.25) is 0 Å². The zero-order valence-corrected chi connectivity index (χ0v) is 12.1. The Kier molecular flexibility index (Phi) is 4.77. The predicted molar refractivity (Wildman–Crippen MR) is 82.9 cm³/mol. The summed E-state index contributed by atoms with van der Waals surface area (Å²) in [4.78, 5) is 0. The van der Waals surface area contributed by atoms with Gasteiger partial charge >= 0.3 is 0 Å². The number of alkyl halides is 1. The molecule has 0 saturated heterocycles. The van der Waals surface area contributed by atoms with Crippen molar-refractivity contribution >= 4 is 22.6 Å². The van der Waals surface area contributed by atoms with Gasteiger partial charge < -0.3 is 0 Å². The molecule has 2 atom stereocenters. The lowest BCUT2D eigenvalue weighted by atomic mass is 9.84. The van der Waals surface area contributed by atoms with E-state index in [1.54, 1.807) is 0 Å². The summed E-state index contributed by atoms with van der Waals surface area (Å²) in [7, 11) is 0. The molecule has 18 heavy (non-hydrogen) atoms. The van der Waals surface area contributed by atoms with Gasteiger partial charge in [-0.15, -0.1) is 0 Å². The van der Waals surface area contributed by atoms with Gasteiger partial charge in [-0.1, -0.05) is 83.3 Å². The average molecular weight is 347 g/mol. The van der Waals surface area contributed by atoms with Gasteiger partial charge in [-0.2, -0.15) is 5.26 Å². The predicted octanol–water partition coefficient (Wildman–Crippen LogP) is 4.51. The third-order valence-electron chi connectivity index (χ3n) is 3.09. The van der Waals surface area contributed by atoms with E-state index >= 15 is 0 Å². The summed E-state index contributed by atoms with van der Waals surface area (Å²) in [6.45, 7) is 0. The molecule has 0 unspecified atom stereocenters. The quantitative estimate of drug-likeness (QED) is 0.590. The van der Waals surface area contributed by atoms with Gasteiger partial charge in [-0.05, 0) is 11.1 Å². The second kappa shape index (κ2) is 6.55. The fourth-order valence-electron chi connectivity index (χ4n) is 2.13.